The summed E-state index contributed by atoms with van der Waals surface area (Å²) in [6.07, 6.45) is 1.24. The molecule has 1 saturated heterocycles. The molecular weight excluding hydrogens is 548 g/mol. The number of fused-ring (bicyclic) bond motifs is 3. The van der Waals surface area contributed by atoms with Crippen molar-refractivity contribution in [2.75, 3.05) is 27.2 Å². The molecule has 0 spiro atoms. The van der Waals surface area contributed by atoms with Crippen molar-refractivity contribution in [1.82, 2.24) is 9.80 Å². The molecule has 1 amide bonds. The molecule has 1 heterocycles. The lowest BCUT2D eigenvalue weighted by molar-refractivity contribution is -0.157. The number of nitrogens with two attached hydrogens (primary N) is 1. The first-order chi connectivity index (χ1) is 19.1. The lowest BCUT2D eigenvalue weighted by Crippen LogP contribution is -2.73. The van der Waals surface area contributed by atoms with E-state index in [1.54, 1.807) is 14.1 Å². The van der Waals surface area contributed by atoms with Crippen LogP contribution in [-0.4, -0.2) is 87.8 Å². The van der Waals surface area contributed by atoms with Crippen molar-refractivity contribution in [2.24, 2.45) is 41.2 Å². The molecule has 3 aliphatic carbocycles. The second-order valence-corrected chi connectivity index (χ2v) is 13.5. The van der Waals surface area contributed by atoms with E-state index in [1.807, 2.05) is 0 Å². The summed E-state index contributed by atoms with van der Waals surface area (Å²) in [5.41, 5.74) is 3.34. The van der Waals surface area contributed by atoms with Crippen molar-refractivity contribution >= 4 is 40.6 Å². The predicted octanol–water partition coefficient (Wildman–Crippen LogP) is 2.01. The summed E-state index contributed by atoms with van der Waals surface area (Å²) in [5, 5.41) is 32.0. The Balaban J connectivity index is 1.60. The summed E-state index contributed by atoms with van der Waals surface area (Å²) in [7, 11) is 3.20. The summed E-state index contributed by atoms with van der Waals surface area (Å²) in [6.45, 7) is 8.20. The normalized spacial score (nSPS) is 35.6. The molecule has 1 aromatic rings. The van der Waals surface area contributed by atoms with Crippen LogP contribution in [0.2, 0.25) is 5.02 Å². The SMILES string of the molecule is CC(C)CN1CCC(C)C1c1cc(O)c2c(c1Cl)CC1CC3C(N(C)C)C(=O)C(C(N)=O)C(=N)C3(O)C(=O)C1C2=O. The largest absolute Gasteiger partial charge is 0.507 e. The second-order valence-electron chi connectivity index (χ2n) is 13.1. The number of nitrogens with zero attached hydrogens (tertiary/aromatic N) is 2. The number of Topliss-reactive ketones (excluding diaryl/α,β-unsaturated/α-hetero) is 3. The third kappa shape index (κ3) is 4.28. The average molecular weight is 587 g/mol. The molecule has 0 aromatic heterocycles. The zero-order chi connectivity index (χ0) is 30.3. The third-order valence-corrected chi connectivity index (χ3v) is 10.3. The zero-order valence-corrected chi connectivity index (χ0v) is 24.9. The summed E-state index contributed by atoms with van der Waals surface area (Å²) in [4.78, 5) is 57.4. The fourth-order valence-corrected chi connectivity index (χ4v) is 8.48. The van der Waals surface area contributed by atoms with Gasteiger partial charge in [-0.3, -0.25) is 29.0 Å². The lowest BCUT2D eigenvalue weighted by atomic mass is 9.52. The minimum Gasteiger partial charge on any atom is -0.507 e. The Bertz CT molecular complexity index is 1360. The van der Waals surface area contributed by atoms with Crippen molar-refractivity contribution < 1.29 is 29.4 Å². The van der Waals surface area contributed by atoms with Gasteiger partial charge in [0.05, 0.1) is 23.2 Å². The molecule has 5 N–H and O–H groups in total. The molecular formula is C30H39ClN4O6. The van der Waals surface area contributed by atoms with Gasteiger partial charge in [0.1, 0.15) is 11.7 Å². The number of hydrogen-bond donors (Lipinski definition) is 4. The molecule has 1 aromatic carbocycles. The number of halogens is 1. The van der Waals surface area contributed by atoms with Crippen molar-refractivity contribution in [3.05, 3.63) is 27.8 Å². The van der Waals surface area contributed by atoms with Gasteiger partial charge < -0.3 is 21.4 Å². The van der Waals surface area contributed by atoms with Crippen LogP contribution >= 0.6 is 11.6 Å². The molecule has 10 nitrogen and oxygen atoms in total. The number of rotatable bonds is 5. The second kappa shape index (κ2) is 10.3. The molecule has 1 aliphatic heterocycles. The molecule has 8 atom stereocenters. The summed E-state index contributed by atoms with van der Waals surface area (Å²) < 4.78 is 0. The summed E-state index contributed by atoms with van der Waals surface area (Å²) >= 11 is 7.05. The minimum atomic E-state index is -2.52. The Hall–Kier alpha value is -2.66. The van der Waals surface area contributed by atoms with E-state index in [2.05, 4.69) is 25.7 Å². The van der Waals surface area contributed by atoms with E-state index in [-0.39, 0.29) is 36.1 Å². The molecule has 3 fully saturated rings. The number of likely N-dealkylation sites (tertiary alicyclic amines) is 1. The number of nitrogens with one attached hydrogen (secondary N) is 1. The Morgan fingerprint density at radius 3 is 2.54 bits per heavy atom. The number of hydrogen-bond acceptors (Lipinski definition) is 9. The van der Waals surface area contributed by atoms with Gasteiger partial charge in [0.25, 0.3) is 0 Å². The highest BCUT2D eigenvalue weighted by Crippen LogP contribution is 2.53. The number of aliphatic hydroxyl groups is 1. The molecule has 5 rings (SSSR count). The fraction of sp³-hybridized carbons (Fsp3) is 0.633. The molecule has 222 valence electrons. The monoisotopic (exact) mass is 586 g/mol. The minimum absolute atomic E-state index is 0.0349. The molecule has 41 heavy (non-hydrogen) atoms. The number of ketones is 3. The number of benzene rings is 1. The number of carbonyl (C=O) groups excluding carboxylic acids is 4. The Morgan fingerprint density at radius 1 is 1.29 bits per heavy atom. The fourth-order valence-electron chi connectivity index (χ4n) is 8.14. The van der Waals surface area contributed by atoms with Crippen molar-refractivity contribution in [3.63, 3.8) is 0 Å². The van der Waals surface area contributed by atoms with Gasteiger partial charge in [-0.15, -0.1) is 0 Å². The highest BCUT2D eigenvalue weighted by atomic mass is 35.5. The van der Waals surface area contributed by atoms with E-state index in [1.165, 1.54) is 11.0 Å². The van der Waals surface area contributed by atoms with E-state index in [9.17, 15) is 29.4 Å². The van der Waals surface area contributed by atoms with Crippen LogP contribution in [0.3, 0.4) is 0 Å². The van der Waals surface area contributed by atoms with Gasteiger partial charge in [-0.2, -0.15) is 0 Å². The quantitative estimate of drug-likeness (QED) is 0.380. The van der Waals surface area contributed by atoms with E-state index < -0.39 is 64.3 Å². The number of amides is 1. The van der Waals surface area contributed by atoms with Crippen LogP contribution in [0.15, 0.2) is 6.07 Å². The standard InChI is InChI=1S/C30H39ClN4O6/c1-12(2)11-35-7-6-13(3)23(35)16-10-18(36)20-15(22(16)31)8-14-9-17-24(34(4)5)26(38)21(29(33)40)27(32)30(17,41)28(39)19(14)25(20)37/h10,12-14,17,19,21,23-24,32,36,41H,6-9,11H2,1-5H3,(H2,33,40). The average Bonchev–Trinajstić information content (AvgIpc) is 3.21. The van der Waals surface area contributed by atoms with E-state index >= 15 is 0 Å². The van der Waals surface area contributed by atoms with E-state index in [4.69, 9.17) is 22.7 Å². The van der Waals surface area contributed by atoms with Crippen molar-refractivity contribution in [2.45, 2.75) is 57.7 Å². The number of primary amides is 1. The van der Waals surface area contributed by atoms with E-state index in [0.717, 1.165) is 25.1 Å². The van der Waals surface area contributed by atoms with E-state index in [0.29, 0.717) is 16.5 Å². The van der Waals surface area contributed by atoms with Crippen molar-refractivity contribution in [3.8, 4) is 5.75 Å². The smallest absolute Gasteiger partial charge is 0.233 e. The van der Waals surface area contributed by atoms with Crippen LogP contribution in [0.4, 0.5) is 0 Å². The Kier molecular flexibility index (Phi) is 7.46. The first kappa shape index (κ1) is 29.8. The van der Waals surface area contributed by atoms with Gasteiger partial charge in [-0.25, -0.2) is 0 Å². The van der Waals surface area contributed by atoms with Gasteiger partial charge in [-0.05, 0) is 74.8 Å². The predicted molar refractivity (Wildman–Crippen MR) is 152 cm³/mol. The molecule has 2 saturated carbocycles. The molecule has 4 aliphatic rings. The maximum Gasteiger partial charge on any atom is 0.233 e. The molecule has 11 heteroatoms. The zero-order valence-electron chi connectivity index (χ0n) is 24.1. The van der Waals surface area contributed by atoms with Gasteiger partial charge in [0.15, 0.2) is 23.0 Å². The lowest BCUT2D eigenvalue weighted by Gasteiger charge is -2.53. The molecule has 8 unspecified atom stereocenters. The number of aromatic hydroxyl groups is 1. The van der Waals surface area contributed by atoms with Crippen LogP contribution in [-0.2, 0) is 20.8 Å². The molecule has 0 bridgehead atoms. The van der Waals surface area contributed by atoms with Crippen LogP contribution in [0.1, 0.15) is 61.1 Å². The maximum absolute atomic E-state index is 14.0. The van der Waals surface area contributed by atoms with Crippen LogP contribution in [0.25, 0.3) is 0 Å². The first-order valence-corrected chi connectivity index (χ1v) is 14.7. The Morgan fingerprint density at radius 2 is 1.95 bits per heavy atom. The number of likely N-dealkylation sites (N-methyl/N-ethyl adjacent to an activating group) is 1. The van der Waals surface area contributed by atoms with Gasteiger partial charge in [-0.1, -0.05) is 32.4 Å². The number of phenolic OH excluding ortho intramolecular Hbond substituents is 1. The van der Waals surface area contributed by atoms with Gasteiger partial charge in [0, 0.05) is 23.5 Å². The highest BCUT2D eigenvalue weighted by molar-refractivity contribution is 6.35. The summed E-state index contributed by atoms with van der Waals surface area (Å²) in [5.74, 6) is -7.72. The van der Waals surface area contributed by atoms with Gasteiger partial charge in [0.2, 0.25) is 5.91 Å². The van der Waals surface area contributed by atoms with Crippen LogP contribution in [0, 0.1) is 40.9 Å². The van der Waals surface area contributed by atoms with Gasteiger partial charge >= 0.3 is 0 Å². The Labute approximate surface area is 244 Å². The maximum atomic E-state index is 14.0. The summed E-state index contributed by atoms with van der Waals surface area (Å²) in [6, 6.07) is 0.440. The van der Waals surface area contributed by atoms with Crippen LogP contribution in [0.5, 0.6) is 5.75 Å². The number of carbonyl (C=O) groups is 4. The molecule has 0 radical (unpaired) electrons. The third-order valence-electron chi connectivity index (χ3n) is 9.81. The topological polar surface area (TPSA) is 165 Å². The highest BCUT2D eigenvalue weighted by Gasteiger charge is 2.67. The van der Waals surface area contributed by atoms with Crippen LogP contribution < -0.4 is 5.73 Å². The first-order valence-electron chi connectivity index (χ1n) is 14.3. The van der Waals surface area contributed by atoms with Crippen molar-refractivity contribution in [1.29, 1.82) is 5.41 Å². The number of phenols is 1.